The molecule has 142 valence electrons. The third-order valence-corrected chi connectivity index (χ3v) is 4.14. The van der Waals surface area contributed by atoms with E-state index in [4.69, 9.17) is 5.11 Å². The summed E-state index contributed by atoms with van der Waals surface area (Å²) in [4.78, 5) is 10.7. The first-order chi connectivity index (χ1) is 12.2. The van der Waals surface area contributed by atoms with Gasteiger partial charge in [0.2, 0.25) is 0 Å². The number of hydrogen-bond acceptors (Lipinski definition) is 1. The number of carboxylic acids is 1. The van der Waals surface area contributed by atoms with E-state index in [0.29, 0.717) is 0 Å². The Kier molecular flexibility index (Phi) is 17.6. The standard InChI is InChI=1S/C23H38O2/c1-3-4-5-6-7-8-9-10-11-12-13-14-15-16-17-18-19-20-21-22(2)23(24)25/h7-8,10-11,13-14,16-17,22H,3-6,9,12,15,18-21H2,1-2H3,(H,24,25)/b8-7-,11-10-,14-13-,17-16-. The van der Waals surface area contributed by atoms with Gasteiger partial charge in [-0.05, 0) is 51.4 Å². The summed E-state index contributed by atoms with van der Waals surface area (Å²) in [6, 6.07) is 0. The SMILES string of the molecule is CCCCC/C=C\C/C=C\C/C=C\C/C=C\CCCCC(C)C(=O)O. The second-order valence-electron chi connectivity index (χ2n) is 6.61. The van der Waals surface area contributed by atoms with Gasteiger partial charge in [0, 0.05) is 0 Å². The molecule has 0 aliphatic carbocycles. The first-order valence-electron chi connectivity index (χ1n) is 10.0. The fourth-order valence-corrected chi connectivity index (χ4v) is 2.40. The fourth-order valence-electron chi connectivity index (χ4n) is 2.40. The van der Waals surface area contributed by atoms with E-state index in [1.165, 1.54) is 25.7 Å². The highest BCUT2D eigenvalue weighted by atomic mass is 16.4. The Labute approximate surface area is 155 Å². The van der Waals surface area contributed by atoms with Crippen molar-refractivity contribution >= 4 is 5.97 Å². The smallest absolute Gasteiger partial charge is 0.306 e. The second-order valence-corrected chi connectivity index (χ2v) is 6.61. The van der Waals surface area contributed by atoms with Crippen LogP contribution in [-0.4, -0.2) is 11.1 Å². The van der Waals surface area contributed by atoms with Crippen molar-refractivity contribution in [2.24, 2.45) is 5.92 Å². The minimum absolute atomic E-state index is 0.212. The number of rotatable bonds is 16. The molecule has 0 saturated heterocycles. The highest BCUT2D eigenvalue weighted by molar-refractivity contribution is 5.69. The van der Waals surface area contributed by atoms with Crippen molar-refractivity contribution in [3.8, 4) is 0 Å². The lowest BCUT2D eigenvalue weighted by Gasteiger charge is -2.03. The van der Waals surface area contributed by atoms with Crippen LogP contribution in [0.2, 0.25) is 0 Å². The molecule has 0 spiro atoms. The molecule has 0 aromatic carbocycles. The van der Waals surface area contributed by atoms with Crippen LogP contribution in [0.5, 0.6) is 0 Å². The van der Waals surface area contributed by atoms with Crippen LogP contribution < -0.4 is 0 Å². The maximum absolute atomic E-state index is 10.7. The van der Waals surface area contributed by atoms with Crippen LogP contribution >= 0.6 is 0 Å². The lowest BCUT2D eigenvalue weighted by molar-refractivity contribution is -0.141. The molecular formula is C23H38O2. The topological polar surface area (TPSA) is 37.3 Å². The molecule has 1 atom stereocenters. The summed E-state index contributed by atoms with van der Waals surface area (Å²) in [5.41, 5.74) is 0. The molecule has 0 heterocycles. The Morgan fingerprint density at radius 3 is 1.64 bits per heavy atom. The Bertz CT molecular complexity index is 416. The van der Waals surface area contributed by atoms with Gasteiger partial charge in [0.25, 0.3) is 0 Å². The van der Waals surface area contributed by atoms with Crippen LogP contribution in [0.25, 0.3) is 0 Å². The van der Waals surface area contributed by atoms with E-state index in [9.17, 15) is 4.79 Å². The van der Waals surface area contributed by atoms with E-state index in [0.717, 1.165) is 44.9 Å². The molecule has 0 radical (unpaired) electrons. The number of carboxylic acid groups (broad SMARTS) is 1. The molecule has 2 heteroatoms. The average molecular weight is 347 g/mol. The molecular weight excluding hydrogens is 308 g/mol. The van der Waals surface area contributed by atoms with E-state index in [1.54, 1.807) is 6.92 Å². The number of allylic oxidation sites excluding steroid dienone is 8. The van der Waals surface area contributed by atoms with Gasteiger partial charge in [-0.25, -0.2) is 0 Å². The van der Waals surface area contributed by atoms with Crippen LogP contribution in [-0.2, 0) is 4.79 Å². The molecule has 1 unspecified atom stereocenters. The van der Waals surface area contributed by atoms with Gasteiger partial charge in [-0.1, -0.05) is 81.7 Å². The van der Waals surface area contributed by atoms with Crippen LogP contribution in [0.4, 0.5) is 0 Å². The van der Waals surface area contributed by atoms with Crippen LogP contribution in [0.15, 0.2) is 48.6 Å². The number of aliphatic carboxylic acids is 1. The molecule has 0 saturated carbocycles. The van der Waals surface area contributed by atoms with Crippen molar-refractivity contribution < 1.29 is 9.90 Å². The summed E-state index contributed by atoms with van der Waals surface area (Å²) in [5, 5.41) is 8.80. The van der Waals surface area contributed by atoms with Crippen LogP contribution in [0.3, 0.4) is 0 Å². The normalized spacial score (nSPS) is 13.7. The third kappa shape index (κ3) is 18.6. The van der Waals surface area contributed by atoms with Gasteiger partial charge < -0.3 is 5.11 Å². The van der Waals surface area contributed by atoms with E-state index < -0.39 is 5.97 Å². The highest BCUT2D eigenvalue weighted by Crippen LogP contribution is 2.09. The third-order valence-electron chi connectivity index (χ3n) is 4.14. The number of hydrogen-bond donors (Lipinski definition) is 1. The summed E-state index contributed by atoms with van der Waals surface area (Å²) in [7, 11) is 0. The second kappa shape index (κ2) is 18.8. The van der Waals surface area contributed by atoms with Crippen LogP contribution in [0, 0.1) is 5.92 Å². The maximum Gasteiger partial charge on any atom is 0.306 e. The van der Waals surface area contributed by atoms with Crippen molar-refractivity contribution in [3.63, 3.8) is 0 Å². The first-order valence-corrected chi connectivity index (χ1v) is 10.0. The quantitative estimate of drug-likeness (QED) is 0.236. The van der Waals surface area contributed by atoms with Gasteiger partial charge >= 0.3 is 5.97 Å². The van der Waals surface area contributed by atoms with E-state index in [2.05, 4.69) is 55.5 Å². The van der Waals surface area contributed by atoms with Gasteiger partial charge in [0.15, 0.2) is 0 Å². The average Bonchev–Trinajstić information content (AvgIpc) is 2.60. The summed E-state index contributed by atoms with van der Waals surface area (Å²) in [6.45, 7) is 4.02. The largest absolute Gasteiger partial charge is 0.481 e. The molecule has 0 aromatic rings. The summed E-state index contributed by atoms with van der Waals surface area (Å²) in [6.07, 6.45) is 29.9. The van der Waals surface area contributed by atoms with Crippen molar-refractivity contribution in [1.29, 1.82) is 0 Å². The van der Waals surface area contributed by atoms with Gasteiger partial charge in [0.1, 0.15) is 0 Å². The molecule has 25 heavy (non-hydrogen) atoms. The van der Waals surface area contributed by atoms with Crippen LogP contribution in [0.1, 0.15) is 84.5 Å². The molecule has 1 N–H and O–H groups in total. The van der Waals surface area contributed by atoms with Gasteiger partial charge in [-0.2, -0.15) is 0 Å². The van der Waals surface area contributed by atoms with Crippen molar-refractivity contribution in [1.82, 2.24) is 0 Å². The Hall–Kier alpha value is -1.57. The van der Waals surface area contributed by atoms with Gasteiger partial charge in [0.05, 0.1) is 5.92 Å². The monoisotopic (exact) mass is 346 g/mol. The summed E-state index contributed by atoms with van der Waals surface area (Å²) >= 11 is 0. The summed E-state index contributed by atoms with van der Waals surface area (Å²) < 4.78 is 0. The lowest BCUT2D eigenvalue weighted by atomic mass is 10.0. The van der Waals surface area contributed by atoms with E-state index in [-0.39, 0.29) is 5.92 Å². The number of carbonyl (C=O) groups is 1. The fraction of sp³-hybridized carbons (Fsp3) is 0.609. The zero-order chi connectivity index (χ0) is 18.6. The highest BCUT2D eigenvalue weighted by Gasteiger charge is 2.08. The molecule has 0 fully saturated rings. The molecule has 2 nitrogen and oxygen atoms in total. The predicted octanol–water partition coefficient (Wildman–Crippen LogP) is 7.24. The maximum atomic E-state index is 10.7. The van der Waals surface area contributed by atoms with Gasteiger partial charge in [-0.15, -0.1) is 0 Å². The van der Waals surface area contributed by atoms with Crippen molar-refractivity contribution in [2.45, 2.75) is 84.5 Å². The van der Waals surface area contributed by atoms with E-state index >= 15 is 0 Å². The zero-order valence-corrected chi connectivity index (χ0v) is 16.3. The molecule has 0 aliphatic heterocycles. The molecule has 0 aliphatic rings. The minimum Gasteiger partial charge on any atom is -0.481 e. The Morgan fingerprint density at radius 1 is 0.760 bits per heavy atom. The molecule has 0 amide bonds. The lowest BCUT2D eigenvalue weighted by Crippen LogP contribution is -2.08. The minimum atomic E-state index is -0.683. The van der Waals surface area contributed by atoms with Crippen molar-refractivity contribution in [3.05, 3.63) is 48.6 Å². The van der Waals surface area contributed by atoms with Crippen molar-refractivity contribution in [2.75, 3.05) is 0 Å². The number of unbranched alkanes of at least 4 members (excludes halogenated alkanes) is 5. The predicted molar refractivity (Wildman–Crippen MR) is 110 cm³/mol. The summed E-state index contributed by atoms with van der Waals surface area (Å²) in [5.74, 6) is -0.894. The molecule has 0 bridgehead atoms. The Morgan fingerprint density at radius 2 is 1.20 bits per heavy atom. The van der Waals surface area contributed by atoms with E-state index in [1.807, 2.05) is 0 Å². The first kappa shape index (κ1) is 23.4. The molecule has 0 rings (SSSR count). The van der Waals surface area contributed by atoms with Gasteiger partial charge in [-0.3, -0.25) is 4.79 Å². The molecule has 0 aromatic heterocycles. The Balaban J connectivity index is 3.44. The zero-order valence-electron chi connectivity index (χ0n) is 16.3.